The van der Waals surface area contributed by atoms with Crippen LogP contribution in [0.4, 0.5) is 13.2 Å². The average Bonchev–Trinajstić information content (AvgIpc) is 2.46. The van der Waals surface area contributed by atoms with Gasteiger partial charge in [-0.05, 0) is 29.8 Å². The Kier molecular flexibility index (Phi) is 6.81. The number of rotatable bonds is 7. The minimum atomic E-state index is -4.60. The van der Waals surface area contributed by atoms with Crippen LogP contribution in [0, 0.1) is 16.7 Å². The lowest BCUT2D eigenvalue weighted by Gasteiger charge is -2.20. The van der Waals surface area contributed by atoms with Crippen molar-refractivity contribution in [2.75, 3.05) is 12.0 Å². The Morgan fingerprint density at radius 2 is 2.04 bits per heavy atom. The summed E-state index contributed by atoms with van der Waals surface area (Å²) in [5, 5.41) is 9.21. The smallest absolute Gasteiger partial charge is 0.425 e. The van der Waals surface area contributed by atoms with E-state index in [4.69, 9.17) is 4.74 Å². The molecule has 26 heavy (non-hydrogen) atoms. The van der Waals surface area contributed by atoms with Crippen molar-refractivity contribution in [1.82, 2.24) is 4.98 Å². The summed E-state index contributed by atoms with van der Waals surface area (Å²) < 4.78 is 65.7. The van der Waals surface area contributed by atoms with Crippen LogP contribution in [0.3, 0.4) is 0 Å². The number of ketones is 1. The molecule has 0 spiro atoms. The first-order valence-electron chi connectivity index (χ1n) is 7.18. The van der Waals surface area contributed by atoms with E-state index in [1.807, 2.05) is 0 Å². The van der Waals surface area contributed by atoms with Gasteiger partial charge >= 0.3 is 6.18 Å². The number of sulfone groups is 1. The Balaban J connectivity index is 3.07. The second kappa shape index (κ2) is 7.92. The average molecular weight is 457 g/mol. The third kappa shape index (κ3) is 6.57. The molecule has 0 aliphatic rings. The second-order valence-electron chi connectivity index (χ2n) is 6.14. The van der Waals surface area contributed by atoms with Crippen LogP contribution in [0.25, 0.3) is 0 Å². The fraction of sp³-hybridized carbons (Fsp3) is 0.533. The van der Waals surface area contributed by atoms with E-state index in [9.17, 15) is 31.6 Å². The number of hydrogen-bond acceptors (Lipinski definition) is 6. The zero-order valence-electron chi connectivity index (χ0n) is 14.1. The van der Waals surface area contributed by atoms with Gasteiger partial charge in [-0.15, -0.1) is 0 Å². The summed E-state index contributed by atoms with van der Waals surface area (Å²) in [7, 11) is -3.52. The van der Waals surface area contributed by atoms with Gasteiger partial charge in [-0.2, -0.15) is 18.4 Å². The van der Waals surface area contributed by atoms with Crippen molar-refractivity contribution in [2.24, 2.45) is 5.41 Å². The van der Waals surface area contributed by atoms with Crippen molar-refractivity contribution < 1.29 is 31.1 Å². The molecular formula is C15H16BrF3N2O4S. The molecule has 0 aliphatic heterocycles. The molecule has 0 bridgehead atoms. The highest BCUT2D eigenvalue weighted by Crippen LogP contribution is 2.31. The van der Waals surface area contributed by atoms with Crippen LogP contribution >= 0.6 is 15.9 Å². The predicted octanol–water partition coefficient (Wildman–Crippen LogP) is 3.32. The van der Waals surface area contributed by atoms with Crippen molar-refractivity contribution in [3.8, 4) is 11.8 Å². The van der Waals surface area contributed by atoms with E-state index in [-0.39, 0.29) is 15.9 Å². The van der Waals surface area contributed by atoms with Crippen molar-refractivity contribution in [1.29, 1.82) is 5.26 Å². The zero-order chi connectivity index (χ0) is 20.3. The SMILES string of the molecule is C[C@H](Oc1cc(C(=O)CC(C)(C#N)CS(C)(=O)=O)ncc1Br)C(F)(F)F. The van der Waals surface area contributed by atoms with Crippen molar-refractivity contribution in [2.45, 2.75) is 32.5 Å². The lowest BCUT2D eigenvalue weighted by Crippen LogP contribution is -2.31. The molecule has 2 atom stereocenters. The number of carbonyl (C=O) groups is 1. The van der Waals surface area contributed by atoms with Crippen LogP contribution < -0.4 is 4.74 Å². The summed E-state index contributed by atoms with van der Waals surface area (Å²) in [5.74, 6) is -1.46. The number of Topliss-reactive ketones (excluding diaryl/α,β-unsaturated/α-hetero) is 1. The molecule has 1 unspecified atom stereocenters. The third-order valence-corrected chi connectivity index (χ3v) is 5.03. The van der Waals surface area contributed by atoms with Crippen LogP contribution in [0.15, 0.2) is 16.7 Å². The third-order valence-electron chi connectivity index (χ3n) is 3.27. The van der Waals surface area contributed by atoms with Crippen LogP contribution in [0.5, 0.6) is 5.75 Å². The fourth-order valence-corrected chi connectivity index (χ4v) is 3.70. The number of ether oxygens (including phenoxy) is 1. The van der Waals surface area contributed by atoms with E-state index < -0.39 is 45.5 Å². The van der Waals surface area contributed by atoms with E-state index >= 15 is 0 Å². The largest absolute Gasteiger partial charge is 0.480 e. The fourth-order valence-electron chi connectivity index (χ4n) is 2.07. The Labute approximate surface area is 157 Å². The van der Waals surface area contributed by atoms with Gasteiger partial charge in [-0.3, -0.25) is 9.78 Å². The highest BCUT2D eigenvalue weighted by atomic mass is 79.9. The first-order valence-corrected chi connectivity index (χ1v) is 10.0. The van der Waals surface area contributed by atoms with E-state index in [1.165, 1.54) is 6.92 Å². The molecule has 0 fully saturated rings. The number of aromatic nitrogens is 1. The summed E-state index contributed by atoms with van der Waals surface area (Å²) in [6, 6.07) is 2.82. The van der Waals surface area contributed by atoms with Crippen LogP contribution in [-0.4, -0.2) is 43.5 Å². The summed E-state index contributed by atoms with van der Waals surface area (Å²) in [5.41, 5.74) is -1.72. The van der Waals surface area contributed by atoms with Crippen LogP contribution in [0.1, 0.15) is 30.8 Å². The summed E-state index contributed by atoms with van der Waals surface area (Å²) in [6.07, 6.45) is -5.12. The van der Waals surface area contributed by atoms with Gasteiger partial charge in [-0.25, -0.2) is 8.42 Å². The molecule has 144 valence electrons. The molecule has 0 aromatic carbocycles. The Hall–Kier alpha value is -1.67. The lowest BCUT2D eigenvalue weighted by molar-refractivity contribution is -0.189. The van der Waals surface area contributed by atoms with Gasteiger partial charge in [0.05, 0.1) is 21.7 Å². The topological polar surface area (TPSA) is 97.1 Å². The van der Waals surface area contributed by atoms with Gasteiger partial charge < -0.3 is 4.74 Å². The maximum Gasteiger partial charge on any atom is 0.425 e. The molecule has 0 amide bonds. The monoisotopic (exact) mass is 456 g/mol. The van der Waals surface area contributed by atoms with Gasteiger partial charge in [0.25, 0.3) is 0 Å². The number of alkyl halides is 3. The summed E-state index contributed by atoms with van der Waals surface area (Å²) >= 11 is 2.99. The van der Waals surface area contributed by atoms with Gasteiger partial charge in [0.2, 0.25) is 0 Å². The molecule has 0 radical (unpaired) electrons. The lowest BCUT2D eigenvalue weighted by atomic mass is 9.88. The Morgan fingerprint density at radius 1 is 1.46 bits per heavy atom. The zero-order valence-corrected chi connectivity index (χ0v) is 16.5. The minimum Gasteiger partial charge on any atom is -0.480 e. The molecule has 0 N–H and O–H groups in total. The Bertz CT molecular complexity index is 836. The van der Waals surface area contributed by atoms with Gasteiger partial charge in [0, 0.05) is 24.9 Å². The predicted molar refractivity (Wildman–Crippen MR) is 90.5 cm³/mol. The van der Waals surface area contributed by atoms with Crippen molar-refractivity contribution in [3.63, 3.8) is 0 Å². The summed E-state index contributed by atoms with van der Waals surface area (Å²) in [4.78, 5) is 16.2. The van der Waals surface area contributed by atoms with E-state index in [1.54, 1.807) is 6.07 Å². The second-order valence-corrected chi connectivity index (χ2v) is 9.14. The minimum absolute atomic E-state index is 0.115. The molecule has 1 aromatic rings. The van der Waals surface area contributed by atoms with Gasteiger partial charge in [-0.1, -0.05) is 0 Å². The van der Waals surface area contributed by atoms with Crippen molar-refractivity contribution >= 4 is 31.6 Å². The van der Waals surface area contributed by atoms with E-state index in [0.29, 0.717) is 0 Å². The summed E-state index contributed by atoms with van der Waals surface area (Å²) in [6.45, 7) is 2.13. The number of halogens is 4. The standard InChI is InChI=1S/C15H16BrF3N2O4S/c1-9(15(17,18)19)25-13-4-11(21-6-10(13)16)12(22)5-14(2,7-20)8-26(3,23)24/h4,6,9H,5,8H2,1-3H3/t9-,14?/m0/s1. The Morgan fingerprint density at radius 3 is 2.50 bits per heavy atom. The van der Waals surface area contributed by atoms with Crippen LogP contribution in [0.2, 0.25) is 0 Å². The number of nitriles is 1. The molecular weight excluding hydrogens is 441 g/mol. The first kappa shape index (κ1) is 22.4. The highest BCUT2D eigenvalue weighted by Gasteiger charge is 2.38. The van der Waals surface area contributed by atoms with Gasteiger partial charge in [0.15, 0.2) is 11.9 Å². The maximum atomic E-state index is 12.6. The van der Waals surface area contributed by atoms with Crippen LogP contribution in [-0.2, 0) is 9.84 Å². The van der Waals surface area contributed by atoms with Gasteiger partial charge in [0.1, 0.15) is 21.3 Å². The molecule has 6 nitrogen and oxygen atoms in total. The molecule has 11 heteroatoms. The maximum absolute atomic E-state index is 12.6. The van der Waals surface area contributed by atoms with E-state index in [0.717, 1.165) is 25.4 Å². The highest BCUT2D eigenvalue weighted by molar-refractivity contribution is 9.10. The molecule has 1 rings (SSSR count). The quantitative estimate of drug-likeness (QED) is 0.583. The van der Waals surface area contributed by atoms with E-state index in [2.05, 4.69) is 20.9 Å². The number of pyridine rings is 1. The molecule has 0 aliphatic carbocycles. The molecule has 0 saturated carbocycles. The molecule has 0 saturated heterocycles. The number of hydrogen-bond donors (Lipinski definition) is 0. The van der Waals surface area contributed by atoms with Crippen molar-refractivity contribution in [3.05, 3.63) is 22.4 Å². The first-order chi connectivity index (χ1) is 11.7. The normalized spacial score (nSPS) is 15.6. The molecule has 1 aromatic heterocycles. The number of nitrogens with zero attached hydrogens (tertiary/aromatic N) is 2. The number of carbonyl (C=O) groups excluding carboxylic acids is 1. The molecule has 1 heterocycles.